The summed E-state index contributed by atoms with van der Waals surface area (Å²) in [5, 5.41) is 14.8. The minimum absolute atomic E-state index is 0.202. The van der Waals surface area contributed by atoms with E-state index in [1.54, 1.807) is 0 Å². The molecule has 4 heterocycles. The van der Waals surface area contributed by atoms with Crippen LogP contribution in [0.2, 0.25) is 0 Å². The highest BCUT2D eigenvalue weighted by Gasteiger charge is 2.35. The summed E-state index contributed by atoms with van der Waals surface area (Å²) in [6.45, 7) is 1.43. The molecule has 184 valence electrons. The summed E-state index contributed by atoms with van der Waals surface area (Å²) in [6.07, 6.45) is 0.542. The SMILES string of the molecule is O=C(O)c1cc(CNCc2ccccc2)n2c1Cc1c([nH]c3ccccc13)C2c1ccc2c(c1)OCO2. The van der Waals surface area contributed by atoms with E-state index in [1.807, 2.05) is 54.6 Å². The fourth-order valence-electron chi connectivity index (χ4n) is 5.72. The lowest BCUT2D eigenvalue weighted by Crippen LogP contribution is -2.26. The second-order valence-electron chi connectivity index (χ2n) is 9.52. The Hall–Kier alpha value is -4.49. The first-order chi connectivity index (χ1) is 18.2. The van der Waals surface area contributed by atoms with Gasteiger partial charge in [0.2, 0.25) is 6.79 Å². The van der Waals surface area contributed by atoms with Gasteiger partial charge in [0.25, 0.3) is 0 Å². The first-order valence-electron chi connectivity index (χ1n) is 12.4. The molecule has 2 aromatic heterocycles. The highest BCUT2D eigenvalue weighted by atomic mass is 16.7. The summed E-state index contributed by atoms with van der Waals surface area (Å²) in [4.78, 5) is 16.1. The zero-order valence-electron chi connectivity index (χ0n) is 20.0. The van der Waals surface area contributed by atoms with Gasteiger partial charge in [0.1, 0.15) is 0 Å². The van der Waals surface area contributed by atoms with Crippen molar-refractivity contribution in [3.05, 3.63) is 118 Å². The molecule has 7 rings (SSSR count). The van der Waals surface area contributed by atoms with Gasteiger partial charge in [-0.25, -0.2) is 4.79 Å². The number of rotatable bonds is 6. The number of carbonyl (C=O) groups is 1. The third-order valence-corrected chi connectivity index (χ3v) is 7.37. The van der Waals surface area contributed by atoms with Crippen molar-refractivity contribution in [3.63, 3.8) is 0 Å². The molecule has 0 bridgehead atoms. The number of aromatic carboxylic acids is 1. The van der Waals surface area contributed by atoms with Gasteiger partial charge in [0, 0.05) is 47.5 Å². The highest BCUT2D eigenvalue weighted by Crippen LogP contribution is 2.44. The Labute approximate surface area is 213 Å². The number of nitrogens with one attached hydrogen (secondary N) is 2. The van der Waals surface area contributed by atoms with Crippen LogP contribution in [-0.2, 0) is 19.5 Å². The molecule has 37 heavy (non-hydrogen) atoms. The van der Waals surface area contributed by atoms with E-state index in [-0.39, 0.29) is 12.8 Å². The summed E-state index contributed by atoms with van der Waals surface area (Å²) in [5.74, 6) is 0.516. The van der Waals surface area contributed by atoms with Gasteiger partial charge in [-0.15, -0.1) is 0 Å². The van der Waals surface area contributed by atoms with Crippen LogP contribution in [0.5, 0.6) is 11.5 Å². The number of carboxylic acid groups (broad SMARTS) is 1. The molecule has 7 nitrogen and oxygen atoms in total. The predicted octanol–water partition coefficient (Wildman–Crippen LogP) is 5.23. The second kappa shape index (κ2) is 8.57. The normalized spacial score (nSPS) is 15.5. The number of hydrogen-bond acceptors (Lipinski definition) is 4. The number of aromatic nitrogens is 2. The van der Waals surface area contributed by atoms with E-state index in [2.05, 4.69) is 39.1 Å². The maximum Gasteiger partial charge on any atom is 0.337 e. The molecule has 5 aromatic rings. The minimum Gasteiger partial charge on any atom is -0.478 e. The quantitative estimate of drug-likeness (QED) is 0.297. The summed E-state index contributed by atoms with van der Waals surface area (Å²) in [5.41, 5.74) is 7.52. The van der Waals surface area contributed by atoms with Gasteiger partial charge >= 0.3 is 5.97 Å². The summed E-state index contributed by atoms with van der Waals surface area (Å²) < 4.78 is 13.5. The number of H-pyrrole nitrogens is 1. The van der Waals surface area contributed by atoms with E-state index in [1.165, 1.54) is 5.56 Å². The van der Waals surface area contributed by atoms with Crippen LogP contribution < -0.4 is 14.8 Å². The molecule has 7 heteroatoms. The lowest BCUT2D eigenvalue weighted by Gasteiger charge is -2.30. The number of nitrogens with zero attached hydrogens (tertiary/aromatic N) is 1. The molecule has 3 N–H and O–H groups in total. The van der Waals surface area contributed by atoms with Gasteiger partial charge in [-0.05, 0) is 41.0 Å². The number of hydrogen-bond donors (Lipinski definition) is 3. The van der Waals surface area contributed by atoms with E-state index in [4.69, 9.17) is 9.47 Å². The monoisotopic (exact) mass is 491 g/mol. The third-order valence-electron chi connectivity index (χ3n) is 7.37. The van der Waals surface area contributed by atoms with Crippen molar-refractivity contribution in [3.8, 4) is 11.5 Å². The average Bonchev–Trinajstić information content (AvgIpc) is 3.63. The average molecular weight is 492 g/mol. The van der Waals surface area contributed by atoms with E-state index < -0.39 is 5.97 Å². The number of fused-ring (bicyclic) bond motifs is 5. The summed E-state index contributed by atoms with van der Waals surface area (Å²) in [6, 6.07) is 26.0. The van der Waals surface area contributed by atoms with Gasteiger partial charge in [-0.1, -0.05) is 54.6 Å². The van der Waals surface area contributed by atoms with Crippen LogP contribution in [0.1, 0.15) is 50.2 Å². The molecule has 2 aliphatic heterocycles. The van der Waals surface area contributed by atoms with Crippen molar-refractivity contribution in [2.75, 3.05) is 6.79 Å². The minimum atomic E-state index is -0.911. The van der Waals surface area contributed by atoms with Crippen LogP contribution in [0.4, 0.5) is 0 Å². The highest BCUT2D eigenvalue weighted by molar-refractivity contribution is 5.91. The van der Waals surface area contributed by atoms with E-state index in [0.29, 0.717) is 30.8 Å². The fourth-order valence-corrected chi connectivity index (χ4v) is 5.72. The largest absolute Gasteiger partial charge is 0.478 e. The maximum atomic E-state index is 12.4. The molecule has 0 spiro atoms. The van der Waals surface area contributed by atoms with Crippen LogP contribution in [0.3, 0.4) is 0 Å². The van der Waals surface area contributed by atoms with Crippen molar-refractivity contribution >= 4 is 16.9 Å². The number of carboxylic acids is 1. The Morgan fingerprint density at radius 2 is 1.78 bits per heavy atom. The molecular formula is C30H25N3O4. The maximum absolute atomic E-state index is 12.4. The van der Waals surface area contributed by atoms with E-state index in [9.17, 15) is 9.90 Å². The van der Waals surface area contributed by atoms with Crippen molar-refractivity contribution < 1.29 is 19.4 Å². The fraction of sp³-hybridized carbons (Fsp3) is 0.167. The molecule has 0 saturated carbocycles. The van der Waals surface area contributed by atoms with Crippen LogP contribution >= 0.6 is 0 Å². The van der Waals surface area contributed by atoms with Gasteiger partial charge in [0.05, 0.1) is 11.6 Å². The van der Waals surface area contributed by atoms with Crippen molar-refractivity contribution in [1.29, 1.82) is 0 Å². The zero-order valence-corrected chi connectivity index (χ0v) is 20.0. The van der Waals surface area contributed by atoms with Gasteiger partial charge in [-0.3, -0.25) is 0 Å². The Kier molecular flexibility index (Phi) is 5.04. The topological polar surface area (TPSA) is 88.5 Å². The second-order valence-corrected chi connectivity index (χ2v) is 9.52. The molecule has 2 aliphatic rings. The Balaban J connectivity index is 1.38. The first kappa shape index (κ1) is 21.8. The zero-order chi connectivity index (χ0) is 24.9. The Bertz CT molecular complexity index is 1650. The third kappa shape index (κ3) is 3.58. The molecule has 0 fully saturated rings. The predicted molar refractivity (Wildman–Crippen MR) is 139 cm³/mol. The first-order valence-corrected chi connectivity index (χ1v) is 12.4. The number of ether oxygens (including phenoxy) is 2. The number of benzene rings is 3. The smallest absolute Gasteiger partial charge is 0.337 e. The summed E-state index contributed by atoms with van der Waals surface area (Å²) in [7, 11) is 0. The molecule has 1 atom stereocenters. The molecule has 1 unspecified atom stereocenters. The van der Waals surface area contributed by atoms with Crippen molar-refractivity contribution in [2.45, 2.75) is 25.6 Å². The van der Waals surface area contributed by atoms with Crippen molar-refractivity contribution in [1.82, 2.24) is 14.9 Å². The Morgan fingerprint density at radius 3 is 2.65 bits per heavy atom. The van der Waals surface area contributed by atoms with Gasteiger partial charge in [0.15, 0.2) is 11.5 Å². The summed E-state index contributed by atoms with van der Waals surface area (Å²) >= 11 is 0. The van der Waals surface area contributed by atoms with E-state index in [0.717, 1.165) is 44.9 Å². The van der Waals surface area contributed by atoms with Crippen molar-refractivity contribution in [2.24, 2.45) is 0 Å². The molecule has 0 saturated heterocycles. The van der Waals surface area contributed by atoms with Crippen LogP contribution in [0.15, 0.2) is 78.9 Å². The molecule has 0 aliphatic carbocycles. The molecular weight excluding hydrogens is 466 g/mol. The van der Waals surface area contributed by atoms with Crippen LogP contribution in [0, 0.1) is 0 Å². The standard InChI is InChI=1S/C30H25N3O4/c34-30(35)23-13-20(16-31-15-18-6-2-1-3-7-18)33-25(23)14-22-21-8-4-5-9-24(21)32-28(22)29(33)19-10-11-26-27(12-19)37-17-36-26/h1-13,29,31-32H,14-17H2,(H,34,35). The van der Waals surface area contributed by atoms with Crippen LogP contribution in [-0.4, -0.2) is 27.4 Å². The number of para-hydroxylation sites is 1. The van der Waals surface area contributed by atoms with Crippen LogP contribution in [0.25, 0.3) is 10.9 Å². The lowest BCUT2D eigenvalue weighted by atomic mass is 9.91. The number of aromatic amines is 1. The van der Waals surface area contributed by atoms with Gasteiger partial charge < -0.3 is 29.4 Å². The lowest BCUT2D eigenvalue weighted by molar-refractivity contribution is 0.0695. The van der Waals surface area contributed by atoms with E-state index >= 15 is 0 Å². The van der Waals surface area contributed by atoms with Gasteiger partial charge in [-0.2, -0.15) is 0 Å². The molecule has 0 radical (unpaired) electrons. The molecule has 0 amide bonds. The molecule has 3 aromatic carbocycles. The Morgan fingerprint density at radius 1 is 0.973 bits per heavy atom.